The number of rotatable bonds is 6. The summed E-state index contributed by atoms with van der Waals surface area (Å²) in [6.45, 7) is 7.67. The SMILES string of the molecule is CCC[C@H](C)N1C[C@H](C(=O)NC(C)(C)C(=O)OC)CC1=O. The van der Waals surface area contributed by atoms with Gasteiger partial charge < -0.3 is 15.0 Å². The van der Waals surface area contributed by atoms with E-state index >= 15 is 0 Å². The summed E-state index contributed by atoms with van der Waals surface area (Å²) in [6, 6.07) is 0.147. The number of methoxy groups -OCH3 is 1. The molecule has 0 aliphatic carbocycles. The van der Waals surface area contributed by atoms with Crippen LogP contribution in [0.4, 0.5) is 0 Å². The molecule has 0 saturated carbocycles. The molecule has 21 heavy (non-hydrogen) atoms. The van der Waals surface area contributed by atoms with E-state index in [1.165, 1.54) is 7.11 Å². The van der Waals surface area contributed by atoms with E-state index < -0.39 is 17.4 Å². The molecule has 1 saturated heterocycles. The van der Waals surface area contributed by atoms with Gasteiger partial charge in [-0.2, -0.15) is 0 Å². The van der Waals surface area contributed by atoms with Crippen LogP contribution in [0.15, 0.2) is 0 Å². The lowest BCUT2D eigenvalue weighted by Gasteiger charge is -2.26. The summed E-state index contributed by atoms with van der Waals surface area (Å²) in [5, 5.41) is 2.67. The smallest absolute Gasteiger partial charge is 0.330 e. The van der Waals surface area contributed by atoms with Crippen LogP contribution in [0.5, 0.6) is 0 Å². The molecule has 2 atom stereocenters. The van der Waals surface area contributed by atoms with Crippen molar-refractivity contribution in [3.63, 3.8) is 0 Å². The van der Waals surface area contributed by atoms with Crippen molar-refractivity contribution in [1.82, 2.24) is 10.2 Å². The maximum absolute atomic E-state index is 12.3. The fourth-order valence-corrected chi connectivity index (χ4v) is 2.62. The maximum atomic E-state index is 12.3. The zero-order chi connectivity index (χ0) is 16.2. The minimum Gasteiger partial charge on any atom is -0.467 e. The number of hydrogen-bond donors (Lipinski definition) is 1. The molecule has 1 rings (SSSR count). The summed E-state index contributed by atoms with van der Waals surface area (Å²) in [7, 11) is 1.28. The zero-order valence-electron chi connectivity index (χ0n) is 13.6. The number of likely N-dealkylation sites (tertiary alicyclic amines) is 1. The molecule has 120 valence electrons. The molecule has 1 heterocycles. The summed E-state index contributed by atoms with van der Waals surface area (Å²) < 4.78 is 4.66. The van der Waals surface area contributed by atoms with Crippen molar-refractivity contribution in [1.29, 1.82) is 0 Å². The second kappa shape index (κ2) is 6.91. The summed E-state index contributed by atoms with van der Waals surface area (Å²) >= 11 is 0. The van der Waals surface area contributed by atoms with Crippen molar-refractivity contribution in [2.24, 2.45) is 5.92 Å². The van der Waals surface area contributed by atoms with Crippen LogP contribution in [-0.4, -0.2) is 47.9 Å². The van der Waals surface area contributed by atoms with Crippen molar-refractivity contribution in [3.8, 4) is 0 Å². The van der Waals surface area contributed by atoms with Crippen LogP contribution in [0, 0.1) is 5.92 Å². The number of amides is 2. The third-order valence-corrected chi connectivity index (χ3v) is 3.90. The molecule has 1 aliphatic rings. The Labute approximate surface area is 126 Å². The van der Waals surface area contributed by atoms with E-state index in [4.69, 9.17) is 0 Å². The molecule has 0 aromatic heterocycles. The zero-order valence-corrected chi connectivity index (χ0v) is 13.6. The predicted octanol–water partition coefficient (Wildman–Crippen LogP) is 1.09. The lowest BCUT2D eigenvalue weighted by Crippen LogP contribution is -2.52. The van der Waals surface area contributed by atoms with E-state index in [0.29, 0.717) is 6.54 Å². The molecule has 0 bridgehead atoms. The first-order valence-corrected chi connectivity index (χ1v) is 7.42. The highest BCUT2D eigenvalue weighted by Gasteiger charge is 2.39. The number of carbonyl (C=O) groups excluding carboxylic acids is 3. The highest BCUT2D eigenvalue weighted by atomic mass is 16.5. The Morgan fingerprint density at radius 1 is 1.48 bits per heavy atom. The van der Waals surface area contributed by atoms with E-state index in [2.05, 4.69) is 17.0 Å². The van der Waals surface area contributed by atoms with Gasteiger partial charge in [0.15, 0.2) is 0 Å². The Hall–Kier alpha value is -1.59. The van der Waals surface area contributed by atoms with Crippen molar-refractivity contribution < 1.29 is 19.1 Å². The Bertz CT molecular complexity index is 420. The van der Waals surface area contributed by atoms with Crippen LogP contribution in [0.2, 0.25) is 0 Å². The Morgan fingerprint density at radius 2 is 2.10 bits per heavy atom. The lowest BCUT2D eigenvalue weighted by molar-refractivity contribution is -0.149. The number of ether oxygens (including phenoxy) is 1. The highest BCUT2D eigenvalue weighted by Crippen LogP contribution is 2.23. The molecule has 6 heteroatoms. The monoisotopic (exact) mass is 298 g/mol. The third kappa shape index (κ3) is 4.19. The molecule has 0 radical (unpaired) electrons. The fourth-order valence-electron chi connectivity index (χ4n) is 2.62. The first kappa shape index (κ1) is 17.5. The van der Waals surface area contributed by atoms with Gasteiger partial charge in [0.25, 0.3) is 0 Å². The largest absolute Gasteiger partial charge is 0.467 e. The van der Waals surface area contributed by atoms with Crippen LogP contribution >= 0.6 is 0 Å². The summed E-state index contributed by atoms with van der Waals surface area (Å²) in [5.74, 6) is -1.17. The number of nitrogens with one attached hydrogen (secondary N) is 1. The number of hydrogen-bond acceptors (Lipinski definition) is 4. The summed E-state index contributed by atoms with van der Waals surface area (Å²) in [5.41, 5.74) is -1.09. The molecule has 1 aliphatic heterocycles. The molecule has 1 fully saturated rings. The average molecular weight is 298 g/mol. The van der Waals surface area contributed by atoms with E-state index in [-0.39, 0.29) is 24.3 Å². The number of esters is 1. The maximum Gasteiger partial charge on any atom is 0.330 e. The second-order valence-electron chi connectivity index (χ2n) is 6.19. The Balaban J connectivity index is 2.65. The molecular weight excluding hydrogens is 272 g/mol. The summed E-state index contributed by atoms with van der Waals surface area (Å²) in [6.07, 6.45) is 2.13. The van der Waals surface area contributed by atoms with Gasteiger partial charge in [0.05, 0.1) is 13.0 Å². The minimum absolute atomic E-state index is 0.00646. The fraction of sp³-hybridized carbons (Fsp3) is 0.800. The van der Waals surface area contributed by atoms with Crippen LogP contribution in [0.25, 0.3) is 0 Å². The normalized spacial score (nSPS) is 20.3. The second-order valence-corrected chi connectivity index (χ2v) is 6.19. The van der Waals surface area contributed by atoms with E-state index in [9.17, 15) is 14.4 Å². The van der Waals surface area contributed by atoms with Crippen LogP contribution in [0.1, 0.15) is 47.0 Å². The van der Waals surface area contributed by atoms with Gasteiger partial charge in [0, 0.05) is 19.0 Å². The highest BCUT2D eigenvalue weighted by molar-refractivity contribution is 5.92. The first-order valence-electron chi connectivity index (χ1n) is 7.42. The van der Waals surface area contributed by atoms with Gasteiger partial charge in [-0.3, -0.25) is 9.59 Å². The molecule has 6 nitrogen and oxygen atoms in total. The van der Waals surface area contributed by atoms with Crippen molar-refractivity contribution in [3.05, 3.63) is 0 Å². The number of carbonyl (C=O) groups is 3. The van der Waals surface area contributed by atoms with Crippen LogP contribution < -0.4 is 5.32 Å². The van der Waals surface area contributed by atoms with Crippen molar-refractivity contribution in [2.45, 2.75) is 58.5 Å². The third-order valence-electron chi connectivity index (χ3n) is 3.90. The van der Waals surface area contributed by atoms with Gasteiger partial charge in [-0.25, -0.2) is 4.79 Å². The predicted molar refractivity (Wildman–Crippen MR) is 78.4 cm³/mol. The quantitative estimate of drug-likeness (QED) is 0.745. The molecule has 0 unspecified atom stereocenters. The van der Waals surface area contributed by atoms with Gasteiger partial charge in [-0.15, -0.1) is 0 Å². The molecule has 1 N–H and O–H groups in total. The van der Waals surface area contributed by atoms with Gasteiger partial charge >= 0.3 is 5.97 Å². The molecule has 2 amide bonds. The van der Waals surface area contributed by atoms with Crippen molar-refractivity contribution >= 4 is 17.8 Å². The summed E-state index contributed by atoms with van der Waals surface area (Å²) in [4.78, 5) is 37.6. The van der Waals surface area contributed by atoms with Gasteiger partial charge in [0.1, 0.15) is 5.54 Å². The average Bonchev–Trinajstić information content (AvgIpc) is 2.79. The van der Waals surface area contributed by atoms with Gasteiger partial charge in [0.2, 0.25) is 11.8 Å². The number of nitrogens with zero attached hydrogens (tertiary/aromatic N) is 1. The first-order chi connectivity index (χ1) is 9.72. The lowest BCUT2D eigenvalue weighted by atomic mass is 10.0. The van der Waals surface area contributed by atoms with Crippen molar-refractivity contribution in [2.75, 3.05) is 13.7 Å². The molecule has 0 aromatic rings. The van der Waals surface area contributed by atoms with E-state index in [0.717, 1.165) is 12.8 Å². The van der Waals surface area contributed by atoms with Gasteiger partial charge in [-0.05, 0) is 27.2 Å². The molecule has 0 aromatic carbocycles. The van der Waals surface area contributed by atoms with E-state index in [1.807, 2.05) is 6.92 Å². The topological polar surface area (TPSA) is 75.7 Å². The minimum atomic E-state index is -1.09. The van der Waals surface area contributed by atoms with Crippen LogP contribution in [-0.2, 0) is 19.1 Å². The van der Waals surface area contributed by atoms with Crippen LogP contribution in [0.3, 0.4) is 0 Å². The molecular formula is C15H26N2O4. The standard InChI is InChI=1S/C15H26N2O4/c1-6-7-10(2)17-9-11(8-12(17)18)13(19)16-15(3,4)14(20)21-5/h10-11H,6-9H2,1-5H3,(H,16,19)/t10-,11+/m0/s1. The molecule has 0 spiro atoms. The Kier molecular flexibility index (Phi) is 5.75. The van der Waals surface area contributed by atoms with Gasteiger partial charge in [-0.1, -0.05) is 13.3 Å². The van der Waals surface area contributed by atoms with E-state index in [1.54, 1.807) is 18.7 Å². The Morgan fingerprint density at radius 3 is 2.62 bits per heavy atom.